The lowest BCUT2D eigenvalue weighted by Gasteiger charge is -2.21. The van der Waals surface area contributed by atoms with Crippen molar-refractivity contribution >= 4 is 26.0 Å². The Morgan fingerprint density at radius 1 is 1.09 bits per heavy atom. The minimum atomic E-state index is -3.64. The van der Waals surface area contributed by atoms with Gasteiger partial charge < -0.3 is 0 Å². The van der Waals surface area contributed by atoms with E-state index in [1.54, 1.807) is 24.3 Å². The maximum atomic E-state index is 12.8. The summed E-state index contributed by atoms with van der Waals surface area (Å²) in [5.74, 6) is 0. The first kappa shape index (κ1) is 16.7. The molecule has 0 aliphatic rings. The molecule has 2 rings (SSSR count). The number of hydrogen-bond donors (Lipinski definition) is 0. The molecule has 0 bridgehead atoms. The van der Waals surface area contributed by atoms with Gasteiger partial charge in [-0.25, -0.2) is 8.42 Å². The standard InChI is InChI=1S/C16H15BrN2O2S/c17-15-8-4-9-16(12-15)22(20,21)19(11-5-10-18)13-14-6-2-1-3-7-14/h1-4,6-9,12H,5,11,13H2. The van der Waals surface area contributed by atoms with Gasteiger partial charge in [0.05, 0.1) is 11.0 Å². The molecule has 2 aromatic carbocycles. The van der Waals surface area contributed by atoms with E-state index in [-0.39, 0.29) is 24.4 Å². The zero-order valence-corrected chi connectivity index (χ0v) is 14.2. The number of sulfonamides is 1. The number of hydrogen-bond acceptors (Lipinski definition) is 3. The molecule has 6 heteroatoms. The predicted molar refractivity (Wildman–Crippen MR) is 88.4 cm³/mol. The predicted octanol–water partition coefficient (Wildman–Crippen LogP) is 3.55. The van der Waals surface area contributed by atoms with Crippen LogP contribution in [0.3, 0.4) is 0 Å². The molecule has 0 N–H and O–H groups in total. The highest BCUT2D eigenvalue weighted by molar-refractivity contribution is 9.10. The highest BCUT2D eigenvalue weighted by Gasteiger charge is 2.24. The molecule has 0 saturated carbocycles. The first-order valence-corrected chi connectivity index (χ1v) is 8.94. The van der Waals surface area contributed by atoms with Gasteiger partial charge in [0.15, 0.2) is 0 Å². The van der Waals surface area contributed by atoms with Crippen LogP contribution in [0.5, 0.6) is 0 Å². The lowest BCUT2D eigenvalue weighted by Crippen LogP contribution is -2.31. The molecular weight excluding hydrogens is 364 g/mol. The van der Waals surface area contributed by atoms with Crippen molar-refractivity contribution in [2.24, 2.45) is 0 Å². The van der Waals surface area contributed by atoms with E-state index < -0.39 is 10.0 Å². The fourth-order valence-electron chi connectivity index (χ4n) is 2.02. The van der Waals surface area contributed by atoms with Gasteiger partial charge in [-0.05, 0) is 23.8 Å². The topological polar surface area (TPSA) is 61.2 Å². The molecule has 0 aliphatic heterocycles. The van der Waals surface area contributed by atoms with Crippen LogP contribution in [0.1, 0.15) is 12.0 Å². The lowest BCUT2D eigenvalue weighted by atomic mass is 10.2. The summed E-state index contributed by atoms with van der Waals surface area (Å²) in [6, 6.07) is 17.9. The van der Waals surface area contributed by atoms with Crippen molar-refractivity contribution in [1.82, 2.24) is 4.31 Å². The zero-order valence-electron chi connectivity index (χ0n) is 11.8. The molecule has 2 aromatic rings. The molecule has 114 valence electrons. The van der Waals surface area contributed by atoms with Crippen LogP contribution in [0.15, 0.2) is 64.0 Å². The molecule has 0 aliphatic carbocycles. The zero-order chi connectivity index (χ0) is 16.0. The monoisotopic (exact) mass is 378 g/mol. The van der Waals surface area contributed by atoms with Crippen molar-refractivity contribution in [3.8, 4) is 6.07 Å². The van der Waals surface area contributed by atoms with E-state index in [2.05, 4.69) is 15.9 Å². The van der Waals surface area contributed by atoms with E-state index in [1.807, 2.05) is 36.4 Å². The van der Waals surface area contributed by atoms with Gasteiger partial charge in [-0.2, -0.15) is 9.57 Å². The SMILES string of the molecule is N#CCCN(Cc1ccccc1)S(=O)(=O)c1cccc(Br)c1. The minimum Gasteiger partial charge on any atom is -0.207 e. The van der Waals surface area contributed by atoms with E-state index in [0.717, 1.165) is 5.56 Å². The van der Waals surface area contributed by atoms with Crippen molar-refractivity contribution < 1.29 is 8.42 Å². The summed E-state index contributed by atoms with van der Waals surface area (Å²) in [5, 5.41) is 8.78. The Morgan fingerprint density at radius 2 is 1.82 bits per heavy atom. The highest BCUT2D eigenvalue weighted by atomic mass is 79.9. The molecule has 0 fully saturated rings. The number of benzene rings is 2. The summed E-state index contributed by atoms with van der Waals surface area (Å²) in [5.41, 5.74) is 0.888. The summed E-state index contributed by atoms with van der Waals surface area (Å²) < 4.78 is 27.6. The molecule has 4 nitrogen and oxygen atoms in total. The Hall–Kier alpha value is -1.68. The average molecular weight is 379 g/mol. The summed E-state index contributed by atoms with van der Waals surface area (Å²) >= 11 is 3.29. The Labute approximate surface area is 139 Å². The third kappa shape index (κ3) is 4.17. The molecule has 0 amide bonds. The van der Waals surface area contributed by atoms with Gasteiger partial charge in [-0.15, -0.1) is 0 Å². The summed E-state index contributed by atoms with van der Waals surface area (Å²) in [7, 11) is -3.64. The van der Waals surface area contributed by atoms with Crippen molar-refractivity contribution in [3.05, 3.63) is 64.6 Å². The number of nitriles is 1. The third-order valence-electron chi connectivity index (χ3n) is 3.11. The Kier molecular flexibility index (Phi) is 5.72. The first-order valence-electron chi connectivity index (χ1n) is 6.70. The molecule has 0 atom stereocenters. The smallest absolute Gasteiger partial charge is 0.207 e. The van der Waals surface area contributed by atoms with Crippen LogP contribution < -0.4 is 0 Å². The highest BCUT2D eigenvalue weighted by Crippen LogP contribution is 2.22. The molecule has 0 spiro atoms. The second-order valence-electron chi connectivity index (χ2n) is 4.69. The van der Waals surface area contributed by atoms with Crippen molar-refractivity contribution in [3.63, 3.8) is 0 Å². The maximum absolute atomic E-state index is 12.8. The number of nitrogens with zero attached hydrogens (tertiary/aromatic N) is 2. The Bertz CT molecular complexity index is 770. The fraction of sp³-hybridized carbons (Fsp3) is 0.188. The molecule has 22 heavy (non-hydrogen) atoms. The quantitative estimate of drug-likeness (QED) is 0.771. The Balaban J connectivity index is 2.33. The van der Waals surface area contributed by atoms with Crippen LogP contribution in [0, 0.1) is 11.3 Å². The van der Waals surface area contributed by atoms with Gasteiger partial charge in [0.2, 0.25) is 10.0 Å². The van der Waals surface area contributed by atoms with Crippen molar-refractivity contribution in [2.45, 2.75) is 17.9 Å². The van der Waals surface area contributed by atoms with Crippen LogP contribution in [-0.2, 0) is 16.6 Å². The molecule has 0 aromatic heterocycles. The van der Waals surface area contributed by atoms with Crippen LogP contribution in [-0.4, -0.2) is 19.3 Å². The molecule has 0 radical (unpaired) electrons. The normalized spacial score (nSPS) is 11.3. The average Bonchev–Trinajstić information content (AvgIpc) is 2.52. The summed E-state index contributed by atoms with van der Waals surface area (Å²) in [6.07, 6.45) is 0.153. The van der Waals surface area contributed by atoms with Crippen LogP contribution in [0.4, 0.5) is 0 Å². The van der Waals surface area contributed by atoms with Gasteiger partial charge in [-0.3, -0.25) is 0 Å². The molecule has 0 heterocycles. The Morgan fingerprint density at radius 3 is 2.45 bits per heavy atom. The second kappa shape index (κ2) is 7.54. The van der Waals surface area contributed by atoms with Gasteiger partial charge >= 0.3 is 0 Å². The van der Waals surface area contributed by atoms with Crippen LogP contribution >= 0.6 is 15.9 Å². The van der Waals surface area contributed by atoms with E-state index in [9.17, 15) is 8.42 Å². The van der Waals surface area contributed by atoms with E-state index in [0.29, 0.717) is 4.47 Å². The van der Waals surface area contributed by atoms with Crippen LogP contribution in [0.25, 0.3) is 0 Å². The first-order chi connectivity index (χ1) is 10.5. The maximum Gasteiger partial charge on any atom is 0.243 e. The second-order valence-corrected chi connectivity index (χ2v) is 7.54. The van der Waals surface area contributed by atoms with Crippen molar-refractivity contribution in [2.75, 3.05) is 6.54 Å². The van der Waals surface area contributed by atoms with Crippen molar-refractivity contribution in [1.29, 1.82) is 5.26 Å². The van der Waals surface area contributed by atoms with Gasteiger partial charge in [0.1, 0.15) is 0 Å². The molecular formula is C16H15BrN2O2S. The fourth-order valence-corrected chi connectivity index (χ4v) is 4.05. The summed E-state index contributed by atoms with van der Waals surface area (Å²) in [4.78, 5) is 0.218. The van der Waals surface area contributed by atoms with E-state index in [4.69, 9.17) is 5.26 Å². The lowest BCUT2D eigenvalue weighted by molar-refractivity contribution is 0.413. The van der Waals surface area contributed by atoms with E-state index in [1.165, 1.54) is 4.31 Å². The number of halogens is 1. The largest absolute Gasteiger partial charge is 0.243 e. The molecule has 0 saturated heterocycles. The molecule has 0 unspecified atom stereocenters. The summed E-state index contributed by atoms with van der Waals surface area (Å²) in [6.45, 7) is 0.414. The van der Waals surface area contributed by atoms with Gasteiger partial charge in [0, 0.05) is 24.0 Å². The van der Waals surface area contributed by atoms with Crippen LogP contribution in [0.2, 0.25) is 0 Å². The number of rotatable bonds is 6. The van der Waals surface area contributed by atoms with Gasteiger partial charge in [-0.1, -0.05) is 52.3 Å². The third-order valence-corrected chi connectivity index (χ3v) is 5.44. The minimum absolute atomic E-state index is 0.153. The van der Waals surface area contributed by atoms with E-state index >= 15 is 0 Å². The van der Waals surface area contributed by atoms with Gasteiger partial charge in [0.25, 0.3) is 0 Å².